The Balaban J connectivity index is 2.62. The Morgan fingerprint density at radius 3 is 2.52 bits per heavy atom. The van der Waals surface area contributed by atoms with Gasteiger partial charge in [-0.3, -0.25) is 4.79 Å². The summed E-state index contributed by atoms with van der Waals surface area (Å²) in [7, 11) is 2.43. The average Bonchev–Trinajstić information content (AvgIpc) is 2.59. The van der Waals surface area contributed by atoms with Gasteiger partial charge < -0.3 is 19.1 Å². The third kappa shape index (κ3) is 3.24. The molecule has 0 bridgehead atoms. The quantitative estimate of drug-likeness (QED) is 0.609. The fourth-order valence-corrected chi connectivity index (χ4v) is 2.35. The zero-order valence-electron chi connectivity index (χ0n) is 13.1. The fraction of sp³-hybridized carbons (Fsp3) is 0.312. The molecule has 7 heteroatoms. The molecule has 1 heterocycles. The molecule has 0 aliphatic carbocycles. The number of hydrogen-bond donors (Lipinski definition) is 0. The van der Waals surface area contributed by atoms with Gasteiger partial charge in [0.25, 0.3) is 0 Å². The highest BCUT2D eigenvalue weighted by molar-refractivity contribution is 6.04. The van der Waals surface area contributed by atoms with E-state index in [-0.39, 0.29) is 24.6 Å². The van der Waals surface area contributed by atoms with Crippen LogP contribution in [0.4, 0.5) is 5.69 Å². The van der Waals surface area contributed by atoms with Crippen LogP contribution in [0.1, 0.15) is 15.9 Å². The minimum absolute atomic E-state index is 0.00876. The summed E-state index contributed by atoms with van der Waals surface area (Å²) in [6.07, 6.45) is 0.684. The molecule has 0 spiro atoms. The van der Waals surface area contributed by atoms with E-state index in [2.05, 4.69) is 0 Å². The van der Waals surface area contributed by atoms with Crippen LogP contribution < -0.4 is 4.90 Å². The van der Waals surface area contributed by atoms with E-state index in [0.29, 0.717) is 17.5 Å². The lowest BCUT2D eigenvalue weighted by Gasteiger charge is -2.32. The molecule has 122 valence electrons. The number of anilines is 1. The monoisotopic (exact) mass is 319 g/mol. The molecule has 7 nitrogen and oxygen atoms in total. The van der Waals surface area contributed by atoms with Crippen molar-refractivity contribution in [2.75, 3.05) is 32.5 Å². The molecule has 0 amide bonds. The summed E-state index contributed by atoms with van der Waals surface area (Å²) in [4.78, 5) is 36.9. The summed E-state index contributed by atoms with van der Waals surface area (Å²) in [5.41, 5.74) is 1.78. The SMILES string of the molecule is COC(=O)C1=C(C(=O)OC)N(c2ccc(C)cc2C=O)COC1. The molecule has 0 fully saturated rings. The van der Waals surface area contributed by atoms with Gasteiger partial charge in [-0.05, 0) is 19.1 Å². The highest BCUT2D eigenvalue weighted by Gasteiger charge is 2.33. The summed E-state index contributed by atoms with van der Waals surface area (Å²) in [5, 5.41) is 0. The Hall–Kier alpha value is -2.67. The molecule has 0 saturated heterocycles. The maximum atomic E-state index is 12.2. The standard InChI is InChI=1S/C16H17NO6/c1-10-4-5-13(11(6-10)7-18)17-9-23-8-12(15(19)21-2)14(17)16(20)22-3/h4-7H,8-9H2,1-3H3. The molecule has 1 aromatic carbocycles. The normalized spacial score (nSPS) is 14.5. The van der Waals surface area contributed by atoms with Crippen molar-refractivity contribution in [2.45, 2.75) is 6.92 Å². The van der Waals surface area contributed by atoms with E-state index in [9.17, 15) is 14.4 Å². The molecule has 23 heavy (non-hydrogen) atoms. The highest BCUT2D eigenvalue weighted by atomic mass is 16.5. The highest BCUT2D eigenvalue weighted by Crippen LogP contribution is 2.29. The molecule has 1 aliphatic rings. The van der Waals surface area contributed by atoms with Crippen LogP contribution in [0, 0.1) is 6.92 Å². The van der Waals surface area contributed by atoms with Crippen molar-refractivity contribution < 1.29 is 28.6 Å². The molecule has 0 saturated carbocycles. The number of rotatable bonds is 4. The second kappa shape index (κ2) is 7.06. The minimum Gasteiger partial charge on any atom is -0.466 e. The Morgan fingerprint density at radius 1 is 1.22 bits per heavy atom. The third-order valence-corrected chi connectivity index (χ3v) is 3.43. The first-order valence-electron chi connectivity index (χ1n) is 6.84. The van der Waals surface area contributed by atoms with E-state index in [4.69, 9.17) is 14.2 Å². The largest absolute Gasteiger partial charge is 0.466 e. The van der Waals surface area contributed by atoms with Gasteiger partial charge in [-0.1, -0.05) is 11.6 Å². The van der Waals surface area contributed by atoms with E-state index in [1.807, 2.05) is 6.92 Å². The van der Waals surface area contributed by atoms with Gasteiger partial charge in [-0.2, -0.15) is 0 Å². The molecule has 0 aromatic heterocycles. The van der Waals surface area contributed by atoms with Gasteiger partial charge in [0.15, 0.2) is 6.29 Å². The molecule has 0 unspecified atom stereocenters. The summed E-state index contributed by atoms with van der Waals surface area (Å²) < 4.78 is 14.8. The van der Waals surface area contributed by atoms with Crippen LogP contribution in [0.3, 0.4) is 0 Å². The first-order valence-corrected chi connectivity index (χ1v) is 6.84. The van der Waals surface area contributed by atoms with E-state index < -0.39 is 11.9 Å². The molecule has 0 radical (unpaired) electrons. The van der Waals surface area contributed by atoms with Crippen LogP contribution in [0.15, 0.2) is 29.5 Å². The van der Waals surface area contributed by atoms with Crippen LogP contribution >= 0.6 is 0 Å². The van der Waals surface area contributed by atoms with Gasteiger partial charge in [0, 0.05) is 5.56 Å². The number of carbonyl (C=O) groups excluding carboxylic acids is 3. The van der Waals surface area contributed by atoms with Crippen LogP contribution in [0.5, 0.6) is 0 Å². The molecule has 1 aliphatic heterocycles. The fourth-order valence-electron chi connectivity index (χ4n) is 2.35. The van der Waals surface area contributed by atoms with Gasteiger partial charge in [-0.25, -0.2) is 9.59 Å². The number of nitrogens with zero attached hydrogens (tertiary/aromatic N) is 1. The van der Waals surface area contributed by atoms with Crippen LogP contribution in [-0.2, 0) is 23.8 Å². The first-order chi connectivity index (χ1) is 11.0. The Morgan fingerprint density at radius 2 is 1.91 bits per heavy atom. The van der Waals surface area contributed by atoms with Crippen molar-refractivity contribution in [1.82, 2.24) is 0 Å². The first kappa shape index (κ1) is 16.7. The zero-order chi connectivity index (χ0) is 17.0. The van der Waals surface area contributed by atoms with Crippen LogP contribution in [0.2, 0.25) is 0 Å². The van der Waals surface area contributed by atoms with E-state index in [1.165, 1.54) is 19.1 Å². The smallest absolute Gasteiger partial charge is 0.355 e. The van der Waals surface area contributed by atoms with E-state index in [0.717, 1.165) is 5.56 Å². The van der Waals surface area contributed by atoms with Crippen LogP contribution in [0.25, 0.3) is 0 Å². The average molecular weight is 319 g/mol. The second-order valence-electron chi connectivity index (χ2n) is 4.90. The number of carbonyl (C=O) groups is 3. The number of aryl methyl sites for hydroxylation is 1. The summed E-state index contributed by atoms with van der Waals surface area (Å²) in [5.74, 6) is -1.39. The third-order valence-electron chi connectivity index (χ3n) is 3.43. The molecular weight excluding hydrogens is 302 g/mol. The summed E-state index contributed by atoms with van der Waals surface area (Å²) >= 11 is 0. The predicted octanol–water partition coefficient (Wildman–Crippen LogP) is 1.20. The molecule has 2 rings (SSSR count). The van der Waals surface area contributed by atoms with E-state index in [1.54, 1.807) is 18.2 Å². The van der Waals surface area contributed by atoms with Crippen molar-refractivity contribution in [3.8, 4) is 0 Å². The van der Waals surface area contributed by atoms with Crippen molar-refractivity contribution >= 4 is 23.9 Å². The van der Waals surface area contributed by atoms with Gasteiger partial charge >= 0.3 is 11.9 Å². The Bertz CT molecular complexity index is 679. The summed E-state index contributed by atoms with van der Waals surface area (Å²) in [6, 6.07) is 5.17. The number of benzene rings is 1. The van der Waals surface area contributed by atoms with Gasteiger partial charge in [0.1, 0.15) is 12.4 Å². The lowest BCUT2D eigenvalue weighted by molar-refractivity contribution is -0.140. The van der Waals surface area contributed by atoms with Crippen LogP contribution in [-0.4, -0.2) is 45.8 Å². The minimum atomic E-state index is -0.703. The van der Waals surface area contributed by atoms with Gasteiger partial charge in [-0.15, -0.1) is 0 Å². The molecule has 1 aromatic rings. The molecule has 0 atom stereocenters. The number of hydrogen-bond acceptors (Lipinski definition) is 7. The van der Waals surface area contributed by atoms with Gasteiger partial charge in [0.05, 0.1) is 32.1 Å². The Labute approximate surface area is 133 Å². The van der Waals surface area contributed by atoms with Crippen molar-refractivity contribution in [1.29, 1.82) is 0 Å². The maximum absolute atomic E-state index is 12.2. The number of ether oxygens (including phenoxy) is 3. The number of esters is 2. The number of methoxy groups -OCH3 is 2. The zero-order valence-corrected chi connectivity index (χ0v) is 13.1. The maximum Gasteiger partial charge on any atom is 0.355 e. The van der Waals surface area contributed by atoms with Gasteiger partial charge in [0.2, 0.25) is 0 Å². The second-order valence-corrected chi connectivity index (χ2v) is 4.90. The van der Waals surface area contributed by atoms with Crippen molar-refractivity contribution in [2.24, 2.45) is 0 Å². The Kier molecular flexibility index (Phi) is 5.13. The summed E-state index contributed by atoms with van der Waals surface area (Å²) in [6.45, 7) is 1.78. The lowest BCUT2D eigenvalue weighted by Crippen LogP contribution is -2.39. The topological polar surface area (TPSA) is 82.1 Å². The number of aldehydes is 1. The predicted molar refractivity (Wildman–Crippen MR) is 80.9 cm³/mol. The van der Waals surface area contributed by atoms with Crippen molar-refractivity contribution in [3.05, 3.63) is 40.6 Å². The van der Waals surface area contributed by atoms with E-state index >= 15 is 0 Å². The van der Waals surface area contributed by atoms with Crippen molar-refractivity contribution in [3.63, 3.8) is 0 Å². The molecule has 0 N–H and O–H groups in total. The lowest BCUT2D eigenvalue weighted by atomic mass is 10.1. The molecular formula is C16H17NO6.